The Morgan fingerprint density at radius 1 is 1.43 bits per heavy atom. The predicted molar refractivity (Wildman–Crippen MR) is 76.9 cm³/mol. The molecule has 1 aliphatic rings. The van der Waals surface area contributed by atoms with Crippen LogP contribution in [-0.2, 0) is 16.6 Å². The van der Waals surface area contributed by atoms with E-state index >= 15 is 0 Å². The van der Waals surface area contributed by atoms with Crippen LogP contribution in [0.25, 0.3) is 0 Å². The van der Waals surface area contributed by atoms with Crippen molar-refractivity contribution in [1.29, 1.82) is 0 Å². The molecule has 112 valence electrons. The minimum atomic E-state index is -3.70. The third-order valence-corrected chi connectivity index (χ3v) is 5.35. The molecular formula is C13H16N4O3S. The normalized spacial score (nSPS) is 15.5. The Morgan fingerprint density at radius 3 is 2.76 bits per heavy atom. The molecule has 1 saturated carbocycles. The first-order valence-electron chi connectivity index (χ1n) is 6.57. The lowest BCUT2D eigenvalue weighted by atomic mass is 10.2. The van der Waals surface area contributed by atoms with E-state index in [4.69, 9.17) is 5.73 Å². The van der Waals surface area contributed by atoms with Crippen molar-refractivity contribution in [3.8, 4) is 5.75 Å². The highest BCUT2D eigenvalue weighted by molar-refractivity contribution is 7.89. The molecule has 0 radical (unpaired) electrons. The minimum absolute atomic E-state index is 0.00504. The Hall–Kier alpha value is -2.06. The summed E-state index contributed by atoms with van der Waals surface area (Å²) in [5, 5.41) is 15.6. The molecule has 0 bridgehead atoms. The van der Waals surface area contributed by atoms with Crippen LogP contribution in [0.4, 0.5) is 5.82 Å². The molecular weight excluding hydrogens is 292 g/mol. The maximum absolute atomic E-state index is 12.7. The van der Waals surface area contributed by atoms with Crippen LogP contribution in [-0.4, -0.2) is 34.1 Å². The van der Waals surface area contributed by atoms with E-state index in [1.807, 2.05) is 0 Å². The number of phenols is 1. The van der Waals surface area contributed by atoms with Crippen molar-refractivity contribution in [2.24, 2.45) is 0 Å². The molecule has 1 fully saturated rings. The van der Waals surface area contributed by atoms with E-state index in [0.29, 0.717) is 0 Å². The Balaban J connectivity index is 1.94. The smallest absolute Gasteiger partial charge is 0.248 e. The van der Waals surface area contributed by atoms with E-state index in [9.17, 15) is 13.5 Å². The van der Waals surface area contributed by atoms with Gasteiger partial charge < -0.3 is 10.8 Å². The van der Waals surface area contributed by atoms with Crippen LogP contribution in [0.3, 0.4) is 0 Å². The zero-order valence-electron chi connectivity index (χ0n) is 11.2. The number of nitrogens with zero attached hydrogens (tertiary/aromatic N) is 2. The van der Waals surface area contributed by atoms with E-state index in [2.05, 4.69) is 10.2 Å². The van der Waals surface area contributed by atoms with E-state index in [1.165, 1.54) is 10.5 Å². The summed E-state index contributed by atoms with van der Waals surface area (Å²) in [5.74, 6) is 0.153. The lowest BCUT2D eigenvalue weighted by Gasteiger charge is -2.21. The second kappa shape index (κ2) is 5.05. The van der Waals surface area contributed by atoms with Crippen molar-refractivity contribution in [3.05, 3.63) is 36.0 Å². The Kier molecular flexibility index (Phi) is 3.34. The lowest BCUT2D eigenvalue weighted by Crippen LogP contribution is -2.32. The van der Waals surface area contributed by atoms with E-state index in [0.717, 1.165) is 18.4 Å². The molecule has 3 rings (SSSR count). The molecule has 8 heteroatoms. The molecule has 4 N–H and O–H groups in total. The van der Waals surface area contributed by atoms with Crippen LogP contribution in [0.1, 0.15) is 18.4 Å². The van der Waals surface area contributed by atoms with Crippen molar-refractivity contribution in [2.45, 2.75) is 30.3 Å². The summed E-state index contributed by atoms with van der Waals surface area (Å²) in [6, 6.07) is 6.56. The monoisotopic (exact) mass is 308 g/mol. The van der Waals surface area contributed by atoms with Gasteiger partial charge in [0.1, 0.15) is 16.5 Å². The maximum atomic E-state index is 12.7. The lowest BCUT2D eigenvalue weighted by molar-refractivity contribution is 0.397. The molecule has 0 aliphatic heterocycles. The van der Waals surface area contributed by atoms with E-state index in [1.54, 1.807) is 24.3 Å². The van der Waals surface area contributed by atoms with Gasteiger partial charge >= 0.3 is 0 Å². The summed E-state index contributed by atoms with van der Waals surface area (Å²) in [4.78, 5) is -0.00504. The first-order chi connectivity index (χ1) is 9.98. The van der Waals surface area contributed by atoms with Crippen molar-refractivity contribution in [2.75, 3.05) is 5.73 Å². The molecule has 1 heterocycles. The topological polar surface area (TPSA) is 112 Å². The van der Waals surface area contributed by atoms with Gasteiger partial charge in [0.05, 0.1) is 6.20 Å². The van der Waals surface area contributed by atoms with E-state index in [-0.39, 0.29) is 29.0 Å². The standard InChI is InChI=1S/C13H16N4O3S/c14-13-12(7-15-16-13)21(19,20)17(10-4-5-10)8-9-2-1-3-11(18)6-9/h1-3,6-7,10,18H,4-5,8H2,(H3,14,15,16). The second-order valence-corrected chi connectivity index (χ2v) is 6.96. The Labute approximate surface area is 122 Å². The molecule has 0 amide bonds. The summed E-state index contributed by atoms with van der Waals surface area (Å²) >= 11 is 0. The van der Waals surface area contributed by atoms with Crippen LogP contribution in [0.5, 0.6) is 5.75 Å². The van der Waals surface area contributed by atoms with Gasteiger partial charge in [-0.15, -0.1) is 0 Å². The molecule has 7 nitrogen and oxygen atoms in total. The maximum Gasteiger partial charge on any atom is 0.248 e. The number of aromatic nitrogens is 2. The number of nitrogens with two attached hydrogens (primary N) is 1. The Morgan fingerprint density at radius 2 is 2.19 bits per heavy atom. The highest BCUT2D eigenvalue weighted by Gasteiger charge is 2.39. The van der Waals surface area contributed by atoms with Gasteiger partial charge in [0, 0.05) is 12.6 Å². The molecule has 0 atom stereocenters. The summed E-state index contributed by atoms with van der Waals surface area (Å²) in [6.07, 6.45) is 2.88. The molecule has 1 aromatic heterocycles. The fourth-order valence-corrected chi connectivity index (χ4v) is 3.91. The van der Waals surface area contributed by atoms with Crippen molar-refractivity contribution in [3.63, 3.8) is 0 Å². The number of rotatable bonds is 5. The number of nitrogen functional groups attached to an aromatic ring is 1. The van der Waals surface area contributed by atoms with Gasteiger partial charge in [0.2, 0.25) is 10.0 Å². The number of hydrogen-bond donors (Lipinski definition) is 3. The average molecular weight is 308 g/mol. The van der Waals surface area contributed by atoms with Crippen molar-refractivity contribution >= 4 is 15.8 Å². The summed E-state index contributed by atoms with van der Waals surface area (Å²) in [7, 11) is -3.70. The van der Waals surface area contributed by atoms with Gasteiger partial charge in [-0.1, -0.05) is 12.1 Å². The predicted octanol–water partition coefficient (Wildman–Crippen LogP) is 1.05. The number of nitrogens with one attached hydrogen (secondary N) is 1. The highest BCUT2D eigenvalue weighted by Crippen LogP contribution is 2.34. The zero-order valence-corrected chi connectivity index (χ0v) is 12.0. The number of sulfonamides is 1. The van der Waals surface area contributed by atoms with Crippen LogP contribution >= 0.6 is 0 Å². The zero-order chi connectivity index (χ0) is 15.0. The summed E-state index contributed by atoms with van der Waals surface area (Å²) in [6.45, 7) is 0.200. The minimum Gasteiger partial charge on any atom is -0.508 e. The largest absolute Gasteiger partial charge is 0.508 e. The molecule has 0 spiro atoms. The number of hydrogen-bond acceptors (Lipinski definition) is 5. The highest BCUT2D eigenvalue weighted by atomic mass is 32.2. The van der Waals surface area contributed by atoms with Crippen molar-refractivity contribution < 1.29 is 13.5 Å². The van der Waals surface area contributed by atoms with Gasteiger partial charge in [-0.25, -0.2) is 8.42 Å². The van der Waals surface area contributed by atoms with Crippen LogP contribution < -0.4 is 5.73 Å². The first kappa shape index (κ1) is 13.9. The number of aromatic amines is 1. The Bertz CT molecular complexity index is 752. The second-order valence-electron chi connectivity index (χ2n) is 5.10. The summed E-state index contributed by atoms with van der Waals surface area (Å²) in [5.41, 5.74) is 6.37. The summed E-state index contributed by atoms with van der Waals surface area (Å²) < 4.78 is 26.8. The first-order valence-corrected chi connectivity index (χ1v) is 8.01. The van der Waals surface area contributed by atoms with Crippen LogP contribution in [0.2, 0.25) is 0 Å². The SMILES string of the molecule is Nc1[nH]ncc1S(=O)(=O)N(Cc1cccc(O)c1)C1CC1. The number of phenolic OH excluding ortho intramolecular Hbond substituents is 1. The molecule has 1 aliphatic carbocycles. The third-order valence-electron chi connectivity index (χ3n) is 3.42. The molecule has 1 aromatic carbocycles. The number of anilines is 1. The number of H-pyrrole nitrogens is 1. The number of benzene rings is 1. The fraction of sp³-hybridized carbons (Fsp3) is 0.308. The van der Waals surface area contributed by atoms with Crippen LogP contribution in [0, 0.1) is 0 Å². The average Bonchev–Trinajstić information content (AvgIpc) is 3.17. The van der Waals surface area contributed by atoms with Gasteiger partial charge in [0.15, 0.2) is 0 Å². The molecule has 2 aromatic rings. The van der Waals surface area contributed by atoms with Gasteiger partial charge in [0.25, 0.3) is 0 Å². The van der Waals surface area contributed by atoms with Crippen molar-refractivity contribution in [1.82, 2.24) is 14.5 Å². The van der Waals surface area contributed by atoms with Crippen LogP contribution in [0.15, 0.2) is 35.4 Å². The quantitative estimate of drug-likeness (QED) is 0.764. The number of aromatic hydroxyl groups is 1. The molecule has 0 unspecified atom stereocenters. The van der Waals surface area contributed by atoms with Gasteiger partial charge in [-0.05, 0) is 30.5 Å². The van der Waals surface area contributed by atoms with Gasteiger partial charge in [-0.3, -0.25) is 5.10 Å². The third kappa shape index (κ3) is 2.72. The van der Waals surface area contributed by atoms with E-state index < -0.39 is 10.0 Å². The van der Waals surface area contributed by atoms with Gasteiger partial charge in [-0.2, -0.15) is 9.40 Å². The fourth-order valence-electron chi connectivity index (χ4n) is 2.22. The molecule has 0 saturated heterocycles. The molecule has 21 heavy (non-hydrogen) atoms.